The molecule has 0 spiro atoms. The molecule has 1 unspecified atom stereocenters. The molecule has 0 bridgehead atoms. The molecule has 1 rings (SSSR count). The number of aromatic nitrogens is 1. The number of hydrogen-bond donors (Lipinski definition) is 1. The molecular weight excluding hydrogens is 206 g/mol. The zero-order valence-electron chi connectivity index (χ0n) is 9.86. The third-order valence-corrected chi connectivity index (χ3v) is 2.63. The van der Waals surface area contributed by atoms with Gasteiger partial charge in [-0.2, -0.15) is 0 Å². The van der Waals surface area contributed by atoms with Crippen LogP contribution in [0.2, 0.25) is 0 Å². The molecule has 0 aliphatic rings. The minimum Gasteiger partial charge on any atom is -0.317 e. The fraction of sp³-hybridized carbons (Fsp3) is 0.545. The predicted molar refractivity (Wildman–Crippen MR) is 62.5 cm³/mol. The van der Waals surface area contributed by atoms with Gasteiger partial charge < -0.3 is 5.32 Å². The molecule has 16 heavy (non-hydrogen) atoms. The van der Waals surface area contributed by atoms with E-state index in [1.807, 2.05) is 20.9 Å². The molecule has 0 fully saturated rings. The smallest absolute Gasteiger partial charge is 0.290 e. The summed E-state index contributed by atoms with van der Waals surface area (Å²) in [5, 5.41) is 14.0. The fourth-order valence-electron chi connectivity index (χ4n) is 1.60. The summed E-state index contributed by atoms with van der Waals surface area (Å²) < 4.78 is 0. The molecule has 0 aliphatic carbocycles. The van der Waals surface area contributed by atoms with Crippen molar-refractivity contribution in [2.24, 2.45) is 0 Å². The number of rotatable bonds is 5. The number of aryl methyl sites for hydroxylation is 1. The van der Waals surface area contributed by atoms with E-state index in [2.05, 4.69) is 10.3 Å². The summed E-state index contributed by atoms with van der Waals surface area (Å²) in [6.07, 6.45) is 1.51. The Hall–Kier alpha value is -1.49. The zero-order valence-corrected chi connectivity index (χ0v) is 9.86. The third-order valence-electron chi connectivity index (χ3n) is 2.63. The first-order chi connectivity index (χ1) is 7.58. The Morgan fingerprint density at radius 3 is 2.75 bits per heavy atom. The molecule has 1 aromatic heterocycles. The number of hydrogen-bond acceptors (Lipinski definition) is 4. The van der Waals surface area contributed by atoms with E-state index in [4.69, 9.17) is 0 Å². The molecular formula is C11H17N3O2. The Labute approximate surface area is 95.0 Å². The molecule has 0 saturated heterocycles. The van der Waals surface area contributed by atoms with E-state index in [1.54, 1.807) is 6.07 Å². The van der Waals surface area contributed by atoms with Gasteiger partial charge in [-0.3, -0.25) is 15.1 Å². The first kappa shape index (κ1) is 12.6. The molecule has 1 N–H and O–H groups in total. The van der Waals surface area contributed by atoms with Crippen molar-refractivity contribution in [3.8, 4) is 0 Å². The topological polar surface area (TPSA) is 68.1 Å². The predicted octanol–water partition coefficient (Wildman–Crippen LogP) is 1.84. The van der Waals surface area contributed by atoms with Gasteiger partial charge in [-0.05, 0) is 26.5 Å². The molecule has 1 heterocycles. The maximum atomic E-state index is 10.8. The van der Waals surface area contributed by atoms with E-state index in [0.29, 0.717) is 12.1 Å². The Bertz CT molecular complexity index is 375. The summed E-state index contributed by atoms with van der Waals surface area (Å²) in [4.78, 5) is 14.7. The highest BCUT2D eigenvalue weighted by molar-refractivity contribution is 5.36. The van der Waals surface area contributed by atoms with Crippen molar-refractivity contribution in [3.63, 3.8) is 0 Å². The highest BCUT2D eigenvalue weighted by Gasteiger charge is 2.17. The van der Waals surface area contributed by atoms with Gasteiger partial charge in [-0.15, -0.1) is 0 Å². The van der Waals surface area contributed by atoms with Crippen LogP contribution >= 0.6 is 0 Å². The first-order valence-electron chi connectivity index (χ1n) is 5.36. The van der Waals surface area contributed by atoms with E-state index in [1.165, 1.54) is 6.07 Å². The summed E-state index contributed by atoms with van der Waals surface area (Å²) in [5.74, 6) is 0. The van der Waals surface area contributed by atoms with E-state index in [-0.39, 0.29) is 16.7 Å². The minimum atomic E-state index is -0.371. The molecule has 0 saturated carbocycles. The fourth-order valence-corrected chi connectivity index (χ4v) is 1.60. The summed E-state index contributed by atoms with van der Waals surface area (Å²) >= 11 is 0. The van der Waals surface area contributed by atoms with Gasteiger partial charge in [0.2, 0.25) is 0 Å². The number of nitro groups is 1. The van der Waals surface area contributed by atoms with Gasteiger partial charge in [0.05, 0.1) is 4.92 Å². The third kappa shape index (κ3) is 3.00. The average Bonchev–Trinajstić information content (AvgIpc) is 2.25. The van der Waals surface area contributed by atoms with Crippen molar-refractivity contribution in [1.82, 2.24) is 10.3 Å². The molecule has 0 aromatic carbocycles. The number of nitrogens with one attached hydrogen (secondary N) is 1. The molecule has 5 nitrogen and oxygen atoms in total. The molecule has 5 heteroatoms. The van der Waals surface area contributed by atoms with Crippen LogP contribution in [0, 0.1) is 17.0 Å². The average molecular weight is 223 g/mol. The molecule has 1 atom stereocenters. The van der Waals surface area contributed by atoms with Gasteiger partial charge in [-0.25, -0.2) is 0 Å². The van der Waals surface area contributed by atoms with Crippen molar-refractivity contribution >= 4 is 5.69 Å². The monoisotopic (exact) mass is 223 g/mol. The quantitative estimate of drug-likeness (QED) is 0.611. The van der Waals surface area contributed by atoms with E-state index in [0.717, 1.165) is 12.1 Å². The van der Waals surface area contributed by atoms with Crippen molar-refractivity contribution in [3.05, 3.63) is 33.6 Å². The molecule has 0 amide bonds. The molecule has 0 aliphatic heterocycles. The highest BCUT2D eigenvalue weighted by atomic mass is 16.6. The van der Waals surface area contributed by atoms with Gasteiger partial charge in [-0.1, -0.05) is 6.92 Å². The van der Waals surface area contributed by atoms with Crippen LogP contribution in [-0.2, 0) is 6.42 Å². The minimum absolute atomic E-state index is 0.110. The SMILES string of the molecule is CCC(Cc1nc(C)ccc1[N+](=O)[O-])NC. The number of likely N-dealkylation sites (N-methyl/N-ethyl adjacent to an activating group) is 1. The van der Waals surface area contributed by atoms with Crippen molar-refractivity contribution in [2.45, 2.75) is 32.7 Å². The van der Waals surface area contributed by atoms with Crippen LogP contribution in [0.4, 0.5) is 5.69 Å². The lowest BCUT2D eigenvalue weighted by Crippen LogP contribution is -2.27. The highest BCUT2D eigenvalue weighted by Crippen LogP contribution is 2.18. The van der Waals surface area contributed by atoms with E-state index < -0.39 is 0 Å². The van der Waals surface area contributed by atoms with E-state index >= 15 is 0 Å². The normalized spacial score (nSPS) is 12.4. The van der Waals surface area contributed by atoms with Crippen LogP contribution in [-0.4, -0.2) is 23.0 Å². The lowest BCUT2D eigenvalue weighted by Gasteiger charge is -2.13. The van der Waals surface area contributed by atoms with Crippen LogP contribution in [0.25, 0.3) is 0 Å². The van der Waals surface area contributed by atoms with Crippen molar-refractivity contribution in [1.29, 1.82) is 0 Å². The van der Waals surface area contributed by atoms with E-state index in [9.17, 15) is 10.1 Å². The zero-order chi connectivity index (χ0) is 12.1. The second kappa shape index (κ2) is 5.55. The van der Waals surface area contributed by atoms with Gasteiger partial charge >= 0.3 is 0 Å². The molecule has 1 aromatic rings. The second-order valence-electron chi connectivity index (χ2n) is 3.77. The number of nitrogens with zero attached hydrogens (tertiary/aromatic N) is 2. The van der Waals surface area contributed by atoms with Crippen LogP contribution in [0.5, 0.6) is 0 Å². The maximum Gasteiger partial charge on any atom is 0.290 e. The van der Waals surface area contributed by atoms with Crippen LogP contribution in [0.15, 0.2) is 12.1 Å². The Balaban J connectivity index is 3.00. The van der Waals surface area contributed by atoms with Crippen molar-refractivity contribution in [2.75, 3.05) is 7.05 Å². The van der Waals surface area contributed by atoms with Crippen LogP contribution in [0.1, 0.15) is 24.7 Å². The number of pyridine rings is 1. The summed E-state index contributed by atoms with van der Waals surface area (Å²) in [7, 11) is 1.86. The van der Waals surface area contributed by atoms with Crippen LogP contribution in [0.3, 0.4) is 0 Å². The summed E-state index contributed by atoms with van der Waals surface area (Å²) in [6.45, 7) is 3.89. The first-order valence-corrected chi connectivity index (χ1v) is 5.36. The summed E-state index contributed by atoms with van der Waals surface area (Å²) in [6, 6.07) is 3.43. The molecule has 88 valence electrons. The van der Waals surface area contributed by atoms with Gasteiger partial charge in [0.1, 0.15) is 5.69 Å². The summed E-state index contributed by atoms with van der Waals surface area (Å²) in [5.41, 5.74) is 1.48. The molecule has 0 radical (unpaired) electrons. The standard InChI is InChI=1S/C11H17N3O2/c1-4-9(12-3)7-10-11(14(15)16)6-5-8(2)13-10/h5-6,9,12H,4,7H2,1-3H3. The Morgan fingerprint density at radius 1 is 1.56 bits per heavy atom. The lowest BCUT2D eigenvalue weighted by molar-refractivity contribution is -0.386. The van der Waals surface area contributed by atoms with Gasteiger partial charge in [0.25, 0.3) is 5.69 Å². The van der Waals surface area contributed by atoms with Crippen molar-refractivity contribution < 1.29 is 4.92 Å². The van der Waals surface area contributed by atoms with Gasteiger partial charge in [0, 0.05) is 24.2 Å². The largest absolute Gasteiger partial charge is 0.317 e. The van der Waals surface area contributed by atoms with Crippen LogP contribution < -0.4 is 5.32 Å². The second-order valence-corrected chi connectivity index (χ2v) is 3.77. The Kier molecular flexibility index (Phi) is 4.37. The lowest BCUT2D eigenvalue weighted by atomic mass is 10.1. The van der Waals surface area contributed by atoms with Gasteiger partial charge in [0.15, 0.2) is 0 Å². The maximum absolute atomic E-state index is 10.8. The Morgan fingerprint density at radius 2 is 2.25 bits per heavy atom.